The Bertz CT molecular complexity index is 1250. The molecular formula is C22H23N5OS. The molecule has 148 valence electrons. The molecule has 6 nitrogen and oxygen atoms in total. The third-order valence-electron chi connectivity index (χ3n) is 5.50. The van der Waals surface area contributed by atoms with E-state index in [1.807, 2.05) is 13.0 Å². The van der Waals surface area contributed by atoms with Crippen LogP contribution in [-0.4, -0.2) is 41.1 Å². The summed E-state index contributed by atoms with van der Waals surface area (Å²) in [6, 6.07) is 12.2. The summed E-state index contributed by atoms with van der Waals surface area (Å²) < 4.78 is 0. The lowest BCUT2D eigenvalue weighted by molar-refractivity contribution is 0.649. The van der Waals surface area contributed by atoms with Crippen LogP contribution >= 0.6 is 11.3 Å². The molecule has 29 heavy (non-hydrogen) atoms. The number of pyridine rings is 2. The molecule has 0 atom stereocenters. The summed E-state index contributed by atoms with van der Waals surface area (Å²) >= 11 is 1.58. The molecule has 0 radical (unpaired) electrons. The lowest BCUT2D eigenvalue weighted by Crippen LogP contribution is -2.47. The molecule has 1 aliphatic rings. The van der Waals surface area contributed by atoms with Crippen LogP contribution in [0, 0.1) is 6.92 Å². The van der Waals surface area contributed by atoms with Gasteiger partial charge in [0.15, 0.2) is 0 Å². The van der Waals surface area contributed by atoms with Gasteiger partial charge in [0, 0.05) is 49.0 Å². The van der Waals surface area contributed by atoms with Gasteiger partial charge in [-0.1, -0.05) is 25.1 Å². The maximum atomic E-state index is 12.5. The maximum absolute atomic E-state index is 12.5. The number of aryl methyl sites for hydroxylation is 2. The highest BCUT2D eigenvalue weighted by atomic mass is 32.1. The third kappa shape index (κ3) is 3.25. The zero-order valence-electron chi connectivity index (χ0n) is 16.6. The van der Waals surface area contributed by atoms with Crippen LogP contribution < -0.4 is 15.2 Å². The van der Waals surface area contributed by atoms with Gasteiger partial charge in [0.05, 0.1) is 10.5 Å². The molecule has 0 unspecified atom stereocenters. The van der Waals surface area contributed by atoms with Gasteiger partial charge in [-0.15, -0.1) is 11.3 Å². The average molecular weight is 406 g/mol. The highest BCUT2D eigenvalue weighted by Gasteiger charge is 2.21. The summed E-state index contributed by atoms with van der Waals surface area (Å²) in [5.41, 5.74) is 3.88. The maximum Gasteiger partial charge on any atom is 0.210 e. The van der Waals surface area contributed by atoms with Crippen molar-refractivity contribution in [3.05, 3.63) is 57.3 Å². The molecule has 1 saturated heterocycles. The van der Waals surface area contributed by atoms with Gasteiger partial charge in [-0.25, -0.2) is 4.98 Å². The molecule has 4 heterocycles. The molecule has 1 aromatic carbocycles. The minimum atomic E-state index is 0.00267. The molecule has 4 aromatic rings. The number of thiazole rings is 1. The Hall–Kier alpha value is -2.93. The highest BCUT2D eigenvalue weighted by Crippen LogP contribution is 2.28. The van der Waals surface area contributed by atoms with E-state index in [4.69, 9.17) is 0 Å². The van der Waals surface area contributed by atoms with Crippen molar-refractivity contribution in [3.8, 4) is 0 Å². The molecule has 0 spiro atoms. The van der Waals surface area contributed by atoms with Gasteiger partial charge in [-0.3, -0.25) is 9.78 Å². The van der Waals surface area contributed by atoms with Gasteiger partial charge < -0.3 is 14.8 Å². The van der Waals surface area contributed by atoms with E-state index in [-0.39, 0.29) is 5.43 Å². The monoisotopic (exact) mass is 405 g/mol. The second-order valence-corrected chi connectivity index (χ2v) is 8.52. The van der Waals surface area contributed by atoms with E-state index in [2.05, 4.69) is 55.9 Å². The first-order valence-electron chi connectivity index (χ1n) is 10.0. The van der Waals surface area contributed by atoms with Gasteiger partial charge in [0.25, 0.3) is 0 Å². The van der Waals surface area contributed by atoms with Crippen LogP contribution in [0.4, 0.5) is 11.5 Å². The lowest BCUT2D eigenvalue weighted by atomic mass is 10.1. The third-order valence-corrected chi connectivity index (χ3v) is 6.62. The van der Waals surface area contributed by atoms with E-state index >= 15 is 0 Å². The molecular weight excluding hydrogens is 382 g/mol. The number of benzene rings is 1. The van der Waals surface area contributed by atoms with Crippen LogP contribution in [0.5, 0.6) is 0 Å². The SMILES string of the molecule is CCc1nc2c(=O)cc(N3CCN(c4cc(C)nc5ccccc45)CC3)[nH]c2s1. The number of fused-ring (bicyclic) bond motifs is 2. The quantitative estimate of drug-likeness (QED) is 0.563. The number of rotatable bonds is 3. The van der Waals surface area contributed by atoms with E-state index in [1.165, 1.54) is 11.1 Å². The Morgan fingerprint density at radius 2 is 1.83 bits per heavy atom. The number of anilines is 2. The number of hydrogen-bond acceptors (Lipinski definition) is 6. The molecule has 5 rings (SSSR count). The van der Waals surface area contributed by atoms with Gasteiger partial charge in [0.1, 0.15) is 16.2 Å². The predicted octanol–water partition coefficient (Wildman–Crippen LogP) is 3.73. The summed E-state index contributed by atoms with van der Waals surface area (Å²) in [6.07, 6.45) is 0.847. The predicted molar refractivity (Wildman–Crippen MR) is 121 cm³/mol. The van der Waals surface area contributed by atoms with E-state index in [9.17, 15) is 4.79 Å². The molecule has 7 heteroatoms. The number of aromatic nitrogens is 3. The van der Waals surface area contributed by atoms with Crippen LogP contribution in [-0.2, 0) is 6.42 Å². The zero-order chi connectivity index (χ0) is 20.0. The molecule has 0 aliphatic carbocycles. The van der Waals surface area contributed by atoms with E-state index < -0.39 is 0 Å². The molecule has 0 saturated carbocycles. The smallest absolute Gasteiger partial charge is 0.210 e. The van der Waals surface area contributed by atoms with Crippen molar-refractivity contribution in [2.75, 3.05) is 36.0 Å². The van der Waals surface area contributed by atoms with Crippen LogP contribution in [0.25, 0.3) is 21.3 Å². The Morgan fingerprint density at radius 3 is 2.62 bits per heavy atom. The average Bonchev–Trinajstić information content (AvgIpc) is 3.17. The Labute approximate surface area is 172 Å². The molecule has 1 fully saturated rings. The molecule has 0 amide bonds. The van der Waals surface area contributed by atoms with Crippen molar-refractivity contribution < 1.29 is 0 Å². The fourth-order valence-electron chi connectivity index (χ4n) is 4.02. The largest absolute Gasteiger partial charge is 0.367 e. The molecule has 3 aromatic heterocycles. The highest BCUT2D eigenvalue weighted by molar-refractivity contribution is 7.18. The summed E-state index contributed by atoms with van der Waals surface area (Å²) in [6.45, 7) is 7.62. The van der Waals surface area contributed by atoms with Crippen LogP contribution in [0.2, 0.25) is 0 Å². The van der Waals surface area contributed by atoms with E-state index in [0.29, 0.717) is 5.52 Å². The van der Waals surface area contributed by atoms with Gasteiger partial charge in [-0.05, 0) is 25.5 Å². The Kier molecular flexibility index (Phi) is 4.47. The van der Waals surface area contributed by atoms with Crippen molar-refractivity contribution in [1.29, 1.82) is 0 Å². The van der Waals surface area contributed by atoms with Gasteiger partial charge in [0.2, 0.25) is 5.43 Å². The van der Waals surface area contributed by atoms with Crippen molar-refractivity contribution in [2.24, 2.45) is 0 Å². The Balaban J connectivity index is 1.41. The number of para-hydroxylation sites is 1. The minimum absolute atomic E-state index is 0.00267. The van der Waals surface area contributed by atoms with Gasteiger partial charge in [-0.2, -0.15) is 0 Å². The van der Waals surface area contributed by atoms with E-state index in [0.717, 1.165) is 59.5 Å². The van der Waals surface area contributed by atoms with E-state index in [1.54, 1.807) is 17.4 Å². The first-order chi connectivity index (χ1) is 14.1. The number of aromatic amines is 1. The topological polar surface area (TPSA) is 65.1 Å². The summed E-state index contributed by atoms with van der Waals surface area (Å²) in [7, 11) is 0. The van der Waals surface area contributed by atoms with Crippen LogP contribution in [0.15, 0.2) is 41.2 Å². The lowest BCUT2D eigenvalue weighted by Gasteiger charge is -2.37. The van der Waals surface area contributed by atoms with Crippen molar-refractivity contribution in [2.45, 2.75) is 20.3 Å². The van der Waals surface area contributed by atoms with Crippen molar-refractivity contribution >= 4 is 44.1 Å². The minimum Gasteiger partial charge on any atom is -0.367 e. The second-order valence-electron chi connectivity index (χ2n) is 7.43. The summed E-state index contributed by atoms with van der Waals surface area (Å²) in [4.78, 5) is 30.6. The fourth-order valence-corrected chi connectivity index (χ4v) is 4.93. The number of nitrogens with zero attached hydrogens (tertiary/aromatic N) is 4. The van der Waals surface area contributed by atoms with Gasteiger partial charge >= 0.3 is 0 Å². The first-order valence-corrected chi connectivity index (χ1v) is 10.8. The van der Waals surface area contributed by atoms with Crippen molar-refractivity contribution in [3.63, 3.8) is 0 Å². The fraction of sp³-hybridized carbons (Fsp3) is 0.318. The summed E-state index contributed by atoms with van der Waals surface area (Å²) in [5.74, 6) is 0.893. The molecule has 1 N–H and O–H groups in total. The molecule has 1 aliphatic heterocycles. The number of H-pyrrole nitrogens is 1. The van der Waals surface area contributed by atoms with Crippen molar-refractivity contribution in [1.82, 2.24) is 15.0 Å². The van der Waals surface area contributed by atoms with Crippen LogP contribution in [0.1, 0.15) is 17.6 Å². The summed E-state index contributed by atoms with van der Waals surface area (Å²) in [5, 5.41) is 2.19. The number of piperazine rings is 1. The molecule has 0 bridgehead atoms. The Morgan fingerprint density at radius 1 is 1.07 bits per heavy atom. The standard InChI is InChI=1S/C22H23N5OS/c1-3-20-25-21-18(28)13-19(24-22(21)29-20)27-10-8-26(9-11-27)17-12-14(2)23-16-7-5-4-6-15(16)17/h4-7,12-13H,3,8-11H2,1-2H3,(H,24,28). The second kappa shape index (κ2) is 7.15. The van der Waals surface area contributed by atoms with Crippen LogP contribution in [0.3, 0.4) is 0 Å². The normalized spacial score (nSPS) is 14.8. The zero-order valence-corrected chi connectivity index (χ0v) is 17.4. The number of hydrogen-bond donors (Lipinski definition) is 1. The first kappa shape index (κ1) is 18.1. The number of nitrogens with one attached hydrogen (secondary N) is 1.